The number of halogens is 5. The molecule has 27 heavy (non-hydrogen) atoms. The monoisotopic (exact) mass is 388 g/mol. The van der Waals surface area contributed by atoms with Crippen LogP contribution in [0.15, 0.2) is 11.6 Å². The van der Waals surface area contributed by atoms with E-state index in [1.165, 1.54) is 12.0 Å². The molecule has 0 aliphatic heterocycles. The number of esters is 1. The molecule has 7 heteroatoms. The molecule has 0 saturated heterocycles. The zero-order valence-corrected chi connectivity index (χ0v) is 15.2. The molecule has 0 radical (unpaired) electrons. The molecule has 2 nitrogen and oxygen atoms in total. The predicted molar refractivity (Wildman–Crippen MR) is 88.0 cm³/mol. The smallest absolute Gasteiger partial charge is 0.310 e. The normalized spacial score (nSPS) is 23.9. The Morgan fingerprint density at radius 3 is 2.04 bits per heavy atom. The van der Waals surface area contributed by atoms with Crippen molar-refractivity contribution in [3.63, 3.8) is 0 Å². The molecule has 0 amide bonds. The molecular formula is C20H21F5O2. The van der Waals surface area contributed by atoms with Crippen molar-refractivity contribution < 1.29 is 31.5 Å². The lowest BCUT2D eigenvalue weighted by Crippen LogP contribution is -2.14. The Morgan fingerprint density at radius 1 is 0.963 bits per heavy atom. The molecule has 0 N–H and O–H groups in total. The van der Waals surface area contributed by atoms with Crippen molar-refractivity contribution in [1.29, 1.82) is 0 Å². The SMILES string of the molecule is CC1(C)C(C=C2CCCCC2)C1C(=O)OCc1c(F)c(F)c(F)c(F)c1F. The van der Waals surface area contributed by atoms with Crippen molar-refractivity contribution in [2.45, 2.75) is 52.6 Å². The Labute approximate surface area is 154 Å². The van der Waals surface area contributed by atoms with Crippen LogP contribution in [0.4, 0.5) is 22.0 Å². The van der Waals surface area contributed by atoms with Gasteiger partial charge in [-0.25, -0.2) is 22.0 Å². The van der Waals surface area contributed by atoms with Crippen LogP contribution in [0, 0.1) is 46.3 Å². The number of hydrogen-bond donors (Lipinski definition) is 0. The third-order valence-electron chi connectivity index (χ3n) is 5.74. The van der Waals surface area contributed by atoms with E-state index < -0.39 is 53.1 Å². The molecule has 3 rings (SSSR count). The second-order valence-corrected chi connectivity index (χ2v) is 7.87. The quantitative estimate of drug-likeness (QED) is 0.221. The standard InChI is InChI=1S/C20H21F5O2/c1-20(2)12(8-10-6-4-3-5-7-10)13(20)19(26)27-9-11-14(21)16(23)18(25)17(24)15(11)22/h8,12-13H,3-7,9H2,1-2H3. The van der Waals surface area contributed by atoms with Crippen molar-refractivity contribution in [3.05, 3.63) is 46.3 Å². The molecular weight excluding hydrogens is 367 g/mol. The highest BCUT2D eigenvalue weighted by atomic mass is 19.2. The van der Waals surface area contributed by atoms with Gasteiger partial charge < -0.3 is 4.74 Å². The molecule has 0 bridgehead atoms. The van der Waals surface area contributed by atoms with Crippen molar-refractivity contribution in [1.82, 2.24) is 0 Å². The van der Waals surface area contributed by atoms with Gasteiger partial charge in [-0.15, -0.1) is 0 Å². The summed E-state index contributed by atoms with van der Waals surface area (Å²) in [5.41, 5.74) is -0.201. The maximum atomic E-state index is 13.7. The lowest BCUT2D eigenvalue weighted by Gasteiger charge is -2.13. The Kier molecular flexibility index (Phi) is 5.32. The summed E-state index contributed by atoms with van der Waals surface area (Å²) in [6.07, 6.45) is 7.52. The summed E-state index contributed by atoms with van der Waals surface area (Å²) in [7, 11) is 0. The third kappa shape index (κ3) is 3.60. The number of hydrogen-bond acceptors (Lipinski definition) is 2. The topological polar surface area (TPSA) is 26.3 Å². The van der Waals surface area contributed by atoms with Crippen LogP contribution in [-0.4, -0.2) is 5.97 Å². The average Bonchev–Trinajstić information content (AvgIpc) is 3.19. The first kappa shape index (κ1) is 19.8. The second-order valence-electron chi connectivity index (χ2n) is 7.87. The highest BCUT2D eigenvalue weighted by Gasteiger charge is 2.61. The highest BCUT2D eigenvalue weighted by Crippen LogP contribution is 2.60. The predicted octanol–water partition coefficient (Wildman–Crippen LogP) is 5.59. The van der Waals surface area contributed by atoms with E-state index in [9.17, 15) is 26.7 Å². The first-order valence-electron chi connectivity index (χ1n) is 9.02. The number of carbonyl (C=O) groups is 1. The van der Waals surface area contributed by atoms with Gasteiger partial charge in [0.15, 0.2) is 23.3 Å². The number of ether oxygens (including phenoxy) is 1. The summed E-state index contributed by atoms with van der Waals surface area (Å²) in [4.78, 5) is 12.3. The van der Waals surface area contributed by atoms with Crippen LogP contribution in [0.25, 0.3) is 0 Å². The number of benzene rings is 1. The van der Waals surface area contributed by atoms with Gasteiger partial charge in [0.2, 0.25) is 5.82 Å². The number of rotatable bonds is 4. The molecule has 2 atom stereocenters. The van der Waals surface area contributed by atoms with E-state index in [0.29, 0.717) is 0 Å². The van der Waals surface area contributed by atoms with Gasteiger partial charge in [-0.05, 0) is 37.0 Å². The molecule has 1 aromatic carbocycles. The summed E-state index contributed by atoms with van der Waals surface area (Å²) in [5, 5.41) is 0. The maximum absolute atomic E-state index is 13.7. The molecule has 2 saturated carbocycles. The van der Waals surface area contributed by atoms with E-state index in [2.05, 4.69) is 6.08 Å². The molecule has 2 aliphatic rings. The minimum Gasteiger partial charge on any atom is -0.460 e. The molecule has 0 heterocycles. The Morgan fingerprint density at radius 2 is 1.48 bits per heavy atom. The van der Waals surface area contributed by atoms with Gasteiger partial charge >= 0.3 is 5.97 Å². The maximum Gasteiger partial charge on any atom is 0.310 e. The summed E-state index contributed by atoms with van der Waals surface area (Å²) in [6.45, 7) is 2.78. The van der Waals surface area contributed by atoms with Crippen molar-refractivity contribution in [2.75, 3.05) is 0 Å². The van der Waals surface area contributed by atoms with Gasteiger partial charge in [-0.2, -0.15) is 0 Å². The zero-order chi connectivity index (χ0) is 19.9. The Balaban J connectivity index is 1.70. The van der Waals surface area contributed by atoms with Crippen LogP contribution in [-0.2, 0) is 16.1 Å². The Hall–Kier alpha value is -1.92. The van der Waals surface area contributed by atoms with E-state index in [4.69, 9.17) is 4.74 Å². The molecule has 2 fully saturated rings. The third-order valence-corrected chi connectivity index (χ3v) is 5.74. The fourth-order valence-corrected chi connectivity index (χ4v) is 3.88. The minimum atomic E-state index is -2.23. The van der Waals surface area contributed by atoms with Crippen molar-refractivity contribution in [3.8, 4) is 0 Å². The van der Waals surface area contributed by atoms with Crippen LogP contribution >= 0.6 is 0 Å². The van der Waals surface area contributed by atoms with Gasteiger partial charge in [0, 0.05) is 0 Å². The van der Waals surface area contributed by atoms with E-state index >= 15 is 0 Å². The molecule has 148 valence electrons. The van der Waals surface area contributed by atoms with Crippen LogP contribution in [0.3, 0.4) is 0 Å². The van der Waals surface area contributed by atoms with Gasteiger partial charge in [0.1, 0.15) is 6.61 Å². The summed E-state index contributed by atoms with van der Waals surface area (Å²) >= 11 is 0. The summed E-state index contributed by atoms with van der Waals surface area (Å²) in [5.74, 6) is -11.5. The number of allylic oxidation sites excluding steroid dienone is 2. The van der Waals surface area contributed by atoms with E-state index in [0.717, 1.165) is 25.7 Å². The van der Waals surface area contributed by atoms with Crippen LogP contribution in [0.1, 0.15) is 51.5 Å². The zero-order valence-electron chi connectivity index (χ0n) is 15.2. The van der Waals surface area contributed by atoms with E-state index in [1.54, 1.807) is 0 Å². The fourth-order valence-electron chi connectivity index (χ4n) is 3.88. The molecule has 0 spiro atoms. The highest BCUT2D eigenvalue weighted by molar-refractivity contribution is 5.78. The van der Waals surface area contributed by atoms with Gasteiger partial charge in [-0.1, -0.05) is 31.9 Å². The summed E-state index contributed by atoms with van der Waals surface area (Å²) in [6, 6.07) is 0. The lowest BCUT2D eigenvalue weighted by molar-refractivity contribution is -0.147. The molecule has 2 aliphatic carbocycles. The van der Waals surface area contributed by atoms with Crippen molar-refractivity contribution >= 4 is 5.97 Å². The van der Waals surface area contributed by atoms with E-state index in [-0.39, 0.29) is 11.3 Å². The number of carbonyl (C=O) groups excluding carboxylic acids is 1. The first-order valence-corrected chi connectivity index (χ1v) is 9.02. The van der Waals surface area contributed by atoms with Crippen LogP contribution in [0.2, 0.25) is 0 Å². The molecule has 0 aromatic heterocycles. The van der Waals surface area contributed by atoms with E-state index in [1.807, 2.05) is 13.8 Å². The summed E-state index contributed by atoms with van der Waals surface area (Å²) < 4.78 is 71.8. The average molecular weight is 388 g/mol. The largest absolute Gasteiger partial charge is 0.460 e. The van der Waals surface area contributed by atoms with Crippen molar-refractivity contribution in [2.24, 2.45) is 17.3 Å². The fraction of sp³-hybridized carbons (Fsp3) is 0.550. The molecule has 1 aromatic rings. The van der Waals surface area contributed by atoms with Gasteiger partial charge in [0.05, 0.1) is 11.5 Å². The van der Waals surface area contributed by atoms with Crippen LogP contribution < -0.4 is 0 Å². The van der Waals surface area contributed by atoms with Gasteiger partial charge in [0.25, 0.3) is 0 Å². The lowest BCUT2D eigenvalue weighted by atomic mass is 9.93. The minimum absolute atomic E-state index is 0.0468. The Bertz CT molecular complexity index is 763. The second kappa shape index (κ2) is 7.24. The first-order chi connectivity index (χ1) is 12.7. The van der Waals surface area contributed by atoms with Crippen LogP contribution in [0.5, 0.6) is 0 Å². The van der Waals surface area contributed by atoms with Gasteiger partial charge in [-0.3, -0.25) is 4.79 Å². The molecule has 2 unspecified atom stereocenters.